The molecule has 2 heterocycles. The van der Waals surface area contributed by atoms with Gasteiger partial charge in [0.1, 0.15) is 0 Å². The maximum atomic E-state index is 4.18. The molecule has 3 rings (SSSR count). The molecule has 1 aromatic heterocycles. The Bertz CT molecular complexity index is 353. The molecule has 1 saturated heterocycles. The minimum absolute atomic E-state index is 0. The van der Waals surface area contributed by atoms with Gasteiger partial charge in [-0.1, -0.05) is 24.3 Å². The van der Waals surface area contributed by atoms with Gasteiger partial charge in [-0.2, -0.15) is 0 Å². The summed E-state index contributed by atoms with van der Waals surface area (Å²) in [6, 6.07) is 12.1. The lowest BCUT2D eigenvalue weighted by atomic mass is 10.2. The number of para-hydroxylation sites is 1. The van der Waals surface area contributed by atoms with Crippen molar-refractivity contribution in [3.05, 3.63) is 42.6 Å². The highest BCUT2D eigenvalue weighted by molar-refractivity contribution is 5.85. The average molecular weight is 252 g/mol. The standard InChI is InChI=1S/C9H7N.C4H10N2.ClH/c1-2-6-9-8(4-1)5-3-7-10-9;1-2-6-4-3-5-1;/h1-7H;5-6H,1-4H2;1H. The van der Waals surface area contributed by atoms with Crippen LogP contribution < -0.4 is 10.6 Å². The molecule has 17 heavy (non-hydrogen) atoms. The summed E-state index contributed by atoms with van der Waals surface area (Å²) in [6.45, 7) is 4.56. The number of pyridine rings is 1. The third kappa shape index (κ3) is 4.69. The topological polar surface area (TPSA) is 37.0 Å². The van der Waals surface area contributed by atoms with Gasteiger partial charge >= 0.3 is 0 Å². The molecule has 0 radical (unpaired) electrons. The summed E-state index contributed by atoms with van der Waals surface area (Å²) < 4.78 is 0. The molecule has 2 aromatic rings. The summed E-state index contributed by atoms with van der Waals surface area (Å²) in [4.78, 5) is 4.18. The van der Waals surface area contributed by atoms with Crippen molar-refractivity contribution in [3.8, 4) is 0 Å². The van der Waals surface area contributed by atoms with Gasteiger partial charge in [-0.25, -0.2) is 0 Å². The molecular formula is C13H18ClN3. The molecule has 0 unspecified atom stereocenters. The maximum Gasteiger partial charge on any atom is 0.0701 e. The zero-order valence-electron chi connectivity index (χ0n) is 9.73. The average Bonchev–Trinajstić information content (AvgIpc) is 2.42. The molecule has 1 fully saturated rings. The lowest BCUT2D eigenvalue weighted by Crippen LogP contribution is -2.39. The number of aromatic nitrogens is 1. The van der Waals surface area contributed by atoms with Gasteiger partial charge in [-0.3, -0.25) is 4.98 Å². The summed E-state index contributed by atoms with van der Waals surface area (Å²) in [5, 5.41) is 7.64. The first-order chi connectivity index (χ1) is 7.97. The van der Waals surface area contributed by atoms with E-state index < -0.39 is 0 Å². The highest BCUT2D eigenvalue weighted by Gasteiger charge is 1.91. The Hall–Kier alpha value is -1.16. The second-order valence-electron chi connectivity index (χ2n) is 3.70. The van der Waals surface area contributed by atoms with E-state index in [1.54, 1.807) is 0 Å². The van der Waals surface area contributed by atoms with E-state index in [1.165, 1.54) is 5.39 Å². The van der Waals surface area contributed by atoms with Crippen molar-refractivity contribution in [1.82, 2.24) is 15.6 Å². The van der Waals surface area contributed by atoms with E-state index in [0.29, 0.717) is 0 Å². The van der Waals surface area contributed by atoms with Gasteiger partial charge < -0.3 is 10.6 Å². The van der Waals surface area contributed by atoms with Crippen molar-refractivity contribution in [2.24, 2.45) is 0 Å². The summed E-state index contributed by atoms with van der Waals surface area (Å²) in [6.07, 6.45) is 1.81. The van der Waals surface area contributed by atoms with Crippen LogP contribution in [0.5, 0.6) is 0 Å². The first kappa shape index (κ1) is 13.9. The molecule has 3 nitrogen and oxygen atoms in total. The van der Waals surface area contributed by atoms with Gasteiger partial charge in [-0.05, 0) is 12.1 Å². The van der Waals surface area contributed by atoms with Crippen molar-refractivity contribution in [1.29, 1.82) is 0 Å². The van der Waals surface area contributed by atoms with Crippen molar-refractivity contribution in [3.63, 3.8) is 0 Å². The highest BCUT2D eigenvalue weighted by atomic mass is 35.5. The normalized spacial score (nSPS) is 14.4. The molecule has 0 atom stereocenters. The summed E-state index contributed by atoms with van der Waals surface area (Å²) in [7, 11) is 0. The number of piperazine rings is 1. The van der Waals surface area contributed by atoms with Crippen LogP contribution >= 0.6 is 12.4 Å². The minimum Gasteiger partial charge on any atom is -0.314 e. The van der Waals surface area contributed by atoms with Crippen LogP contribution in [0.4, 0.5) is 0 Å². The third-order valence-electron chi connectivity index (χ3n) is 2.47. The Labute approximate surface area is 108 Å². The smallest absolute Gasteiger partial charge is 0.0701 e. The molecule has 1 aliphatic heterocycles. The van der Waals surface area contributed by atoms with Crippen LogP contribution in [-0.4, -0.2) is 31.2 Å². The number of benzene rings is 1. The molecule has 0 amide bonds. The Morgan fingerprint density at radius 3 is 2.00 bits per heavy atom. The van der Waals surface area contributed by atoms with Gasteiger partial charge in [0.05, 0.1) is 5.52 Å². The Kier molecular flexibility index (Phi) is 6.55. The van der Waals surface area contributed by atoms with Gasteiger partial charge in [0.15, 0.2) is 0 Å². The molecule has 92 valence electrons. The zero-order valence-corrected chi connectivity index (χ0v) is 10.5. The molecule has 0 bridgehead atoms. The predicted octanol–water partition coefficient (Wildman–Crippen LogP) is 1.84. The van der Waals surface area contributed by atoms with Crippen LogP contribution in [0.15, 0.2) is 42.6 Å². The SMILES string of the molecule is C1CNCCN1.Cl.c1ccc2ncccc2c1. The van der Waals surface area contributed by atoms with E-state index in [0.717, 1.165) is 31.7 Å². The molecule has 2 N–H and O–H groups in total. The minimum atomic E-state index is 0. The monoisotopic (exact) mass is 251 g/mol. The van der Waals surface area contributed by atoms with Gasteiger partial charge in [-0.15, -0.1) is 12.4 Å². The fourth-order valence-corrected chi connectivity index (χ4v) is 1.62. The second kappa shape index (κ2) is 8.01. The number of hydrogen-bond donors (Lipinski definition) is 2. The third-order valence-corrected chi connectivity index (χ3v) is 2.47. The molecule has 4 heteroatoms. The van der Waals surface area contributed by atoms with Crippen molar-refractivity contribution in [2.45, 2.75) is 0 Å². The van der Waals surface area contributed by atoms with Gasteiger partial charge in [0.2, 0.25) is 0 Å². The molecular weight excluding hydrogens is 234 g/mol. The largest absolute Gasteiger partial charge is 0.314 e. The molecule has 0 saturated carbocycles. The molecule has 0 aliphatic carbocycles. The number of halogens is 1. The summed E-state index contributed by atoms with van der Waals surface area (Å²) in [5.74, 6) is 0. The quantitative estimate of drug-likeness (QED) is 0.750. The molecule has 0 spiro atoms. The fraction of sp³-hybridized carbons (Fsp3) is 0.308. The summed E-state index contributed by atoms with van der Waals surface area (Å²) in [5.41, 5.74) is 1.06. The van der Waals surface area contributed by atoms with E-state index in [4.69, 9.17) is 0 Å². The Morgan fingerprint density at radius 1 is 0.824 bits per heavy atom. The van der Waals surface area contributed by atoms with Crippen LogP contribution in [0.2, 0.25) is 0 Å². The summed E-state index contributed by atoms with van der Waals surface area (Å²) >= 11 is 0. The van der Waals surface area contributed by atoms with E-state index in [9.17, 15) is 0 Å². The van der Waals surface area contributed by atoms with Crippen LogP contribution in [0.3, 0.4) is 0 Å². The number of rotatable bonds is 0. The van der Waals surface area contributed by atoms with Crippen molar-refractivity contribution < 1.29 is 0 Å². The fourth-order valence-electron chi connectivity index (χ4n) is 1.62. The molecule has 1 aliphatic rings. The lowest BCUT2D eigenvalue weighted by Gasteiger charge is -2.11. The van der Waals surface area contributed by atoms with Crippen LogP contribution in [0.1, 0.15) is 0 Å². The number of nitrogens with zero attached hydrogens (tertiary/aromatic N) is 1. The van der Waals surface area contributed by atoms with Crippen molar-refractivity contribution in [2.75, 3.05) is 26.2 Å². The highest BCUT2D eigenvalue weighted by Crippen LogP contribution is 2.07. The maximum absolute atomic E-state index is 4.18. The lowest BCUT2D eigenvalue weighted by molar-refractivity contribution is 0.534. The second-order valence-corrected chi connectivity index (χ2v) is 3.70. The Balaban J connectivity index is 0.000000180. The number of nitrogens with one attached hydrogen (secondary N) is 2. The van der Waals surface area contributed by atoms with E-state index >= 15 is 0 Å². The zero-order chi connectivity index (χ0) is 11.1. The van der Waals surface area contributed by atoms with E-state index in [2.05, 4.69) is 27.8 Å². The first-order valence-corrected chi connectivity index (χ1v) is 5.68. The van der Waals surface area contributed by atoms with E-state index in [1.807, 2.05) is 30.5 Å². The van der Waals surface area contributed by atoms with Crippen LogP contribution in [-0.2, 0) is 0 Å². The first-order valence-electron chi connectivity index (χ1n) is 5.68. The number of hydrogen-bond acceptors (Lipinski definition) is 3. The van der Waals surface area contributed by atoms with Crippen LogP contribution in [0, 0.1) is 0 Å². The predicted molar refractivity (Wildman–Crippen MR) is 74.7 cm³/mol. The molecule has 1 aromatic carbocycles. The van der Waals surface area contributed by atoms with Gasteiger partial charge in [0.25, 0.3) is 0 Å². The number of fused-ring (bicyclic) bond motifs is 1. The van der Waals surface area contributed by atoms with Gasteiger partial charge in [0, 0.05) is 37.8 Å². The van der Waals surface area contributed by atoms with Crippen LogP contribution in [0.25, 0.3) is 10.9 Å². The Morgan fingerprint density at radius 2 is 1.41 bits per heavy atom. The van der Waals surface area contributed by atoms with Crippen molar-refractivity contribution >= 4 is 23.3 Å². The van der Waals surface area contributed by atoms with E-state index in [-0.39, 0.29) is 12.4 Å².